The van der Waals surface area contributed by atoms with Gasteiger partial charge in [0.2, 0.25) is 5.91 Å². The lowest BCUT2D eigenvalue weighted by molar-refractivity contribution is -0.124. The number of hydrogen-bond donors (Lipinski definition) is 4. The van der Waals surface area contributed by atoms with Gasteiger partial charge in [-0.2, -0.15) is 0 Å². The monoisotopic (exact) mass is 862 g/mol. The van der Waals surface area contributed by atoms with Crippen molar-refractivity contribution in [3.63, 3.8) is 0 Å². The molecule has 4 N–H and O–H groups in total. The Kier molecular flexibility index (Phi) is 51.0. The average Bonchev–Trinajstić information content (AvgIpc) is 3.25. The summed E-state index contributed by atoms with van der Waals surface area (Å²) in [7, 11) is 0. The summed E-state index contributed by atoms with van der Waals surface area (Å²) in [4.78, 5) is 12.5. The molecule has 0 heterocycles. The fraction of sp³-hybridized carbons (Fsp3) is 0.946. The first-order chi connectivity index (χ1) is 30.0. The van der Waals surface area contributed by atoms with E-state index in [1.807, 2.05) is 6.08 Å². The van der Waals surface area contributed by atoms with Gasteiger partial charge in [0.1, 0.15) is 0 Å². The molecule has 3 unspecified atom stereocenters. The molecule has 61 heavy (non-hydrogen) atoms. The summed E-state index contributed by atoms with van der Waals surface area (Å²) < 4.78 is 0. The van der Waals surface area contributed by atoms with Crippen LogP contribution >= 0.6 is 0 Å². The van der Waals surface area contributed by atoms with Crippen LogP contribution in [0.25, 0.3) is 0 Å². The van der Waals surface area contributed by atoms with Crippen molar-refractivity contribution in [1.82, 2.24) is 5.32 Å². The number of nitrogens with one attached hydrogen (secondary N) is 1. The zero-order valence-electron chi connectivity index (χ0n) is 41.6. The van der Waals surface area contributed by atoms with Crippen molar-refractivity contribution in [3.05, 3.63) is 12.2 Å². The number of aliphatic hydroxyl groups excluding tert-OH is 3. The van der Waals surface area contributed by atoms with Crippen molar-refractivity contribution in [2.45, 2.75) is 334 Å². The molecule has 0 rings (SSSR count). The van der Waals surface area contributed by atoms with E-state index in [9.17, 15) is 20.1 Å². The average molecular weight is 863 g/mol. The van der Waals surface area contributed by atoms with Crippen LogP contribution in [0, 0.1) is 0 Å². The summed E-state index contributed by atoms with van der Waals surface area (Å²) in [5, 5.41) is 33.4. The van der Waals surface area contributed by atoms with E-state index < -0.39 is 18.2 Å². The van der Waals surface area contributed by atoms with Crippen LogP contribution in [0.1, 0.15) is 316 Å². The highest BCUT2D eigenvalue weighted by molar-refractivity contribution is 5.76. The summed E-state index contributed by atoms with van der Waals surface area (Å²) in [5.41, 5.74) is 0. The number of amides is 1. The number of carbonyl (C=O) groups is 1. The summed E-state index contributed by atoms with van der Waals surface area (Å²) in [6.45, 7) is 4.25. The van der Waals surface area contributed by atoms with Gasteiger partial charge in [-0.1, -0.05) is 302 Å². The van der Waals surface area contributed by atoms with Crippen molar-refractivity contribution in [2.24, 2.45) is 0 Å². The van der Waals surface area contributed by atoms with Crippen LogP contribution in [-0.2, 0) is 4.79 Å². The van der Waals surface area contributed by atoms with E-state index in [1.54, 1.807) is 6.08 Å². The summed E-state index contributed by atoms with van der Waals surface area (Å²) in [6, 6.07) is -0.740. The topological polar surface area (TPSA) is 89.8 Å². The van der Waals surface area contributed by atoms with E-state index in [2.05, 4.69) is 19.2 Å². The minimum atomic E-state index is -0.925. The van der Waals surface area contributed by atoms with Gasteiger partial charge in [-0.05, 0) is 19.3 Å². The zero-order valence-corrected chi connectivity index (χ0v) is 41.6. The van der Waals surface area contributed by atoms with Gasteiger partial charge in [0.05, 0.1) is 31.3 Å². The lowest BCUT2D eigenvalue weighted by Gasteiger charge is -2.21. The van der Waals surface area contributed by atoms with Crippen molar-refractivity contribution in [1.29, 1.82) is 0 Å². The summed E-state index contributed by atoms with van der Waals surface area (Å²) in [6.07, 6.45) is 64.0. The lowest BCUT2D eigenvalue weighted by Crippen LogP contribution is -2.45. The van der Waals surface area contributed by atoms with Crippen LogP contribution in [0.15, 0.2) is 12.2 Å². The molecule has 0 saturated heterocycles. The van der Waals surface area contributed by atoms with Crippen LogP contribution < -0.4 is 5.32 Å². The van der Waals surface area contributed by atoms with Crippen LogP contribution in [0.5, 0.6) is 0 Å². The summed E-state index contributed by atoms with van der Waals surface area (Å²) >= 11 is 0. The van der Waals surface area contributed by atoms with E-state index in [0.29, 0.717) is 6.42 Å². The molecule has 0 radical (unpaired) electrons. The molecule has 0 aliphatic rings. The minimum Gasteiger partial charge on any atom is -0.394 e. The number of allylic oxidation sites excluding steroid dienone is 1. The Bertz CT molecular complexity index is 864. The van der Waals surface area contributed by atoms with E-state index in [4.69, 9.17) is 0 Å². The Labute approximate surface area is 382 Å². The van der Waals surface area contributed by atoms with Crippen LogP contribution in [0.3, 0.4) is 0 Å². The van der Waals surface area contributed by atoms with Crippen molar-refractivity contribution < 1.29 is 20.1 Å². The number of hydrogen-bond acceptors (Lipinski definition) is 4. The number of carbonyl (C=O) groups excluding carboxylic acids is 1. The predicted octanol–water partition coefficient (Wildman–Crippen LogP) is 17.1. The van der Waals surface area contributed by atoms with E-state index in [0.717, 1.165) is 25.7 Å². The highest BCUT2D eigenvalue weighted by Crippen LogP contribution is 2.18. The Morgan fingerprint density at radius 2 is 0.672 bits per heavy atom. The molecule has 0 spiro atoms. The van der Waals surface area contributed by atoms with Gasteiger partial charge >= 0.3 is 0 Å². The van der Waals surface area contributed by atoms with Gasteiger partial charge in [0, 0.05) is 0 Å². The molecule has 0 aromatic rings. The third-order valence-electron chi connectivity index (χ3n) is 13.3. The molecule has 5 nitrogen and oxygen atoms in total. The van der Waals surface area contributed by atoms with Gasteiger partial charge in [0.15, 0.2) is 0 Å². The second-order valence-electron chi connectivity index (χ2n) is 19.6. The smallest absolute Gasteiger partial charge is 0.222 e. The molecule has 3 atom stereocenters. The first-order valence-corrected chi connectivity index (χ1v) is 28.0. The third-order valence-corrected chi connectivity index (χ3v) is 13.3. The SMILES string of the molecule is CCCCCCCCCCCCCCCCCC/C=C/C(O)C(CO)NC(=O)CC(O)CCCCCCCCCCCCCCCCCCCCCCCCCCCCCC. The van der Waals surface area contributed by atoms with Crippen molar-refractivity contribution >= 4 is 5.91 Å². The highest BCUT2D eigenvalue weighted by Gasteiger charge is 2.20. The number of aliphatic hydroxyl groups is 3. The van der Waals surface area contributed by atoms with Gasteiger partial charge < -0.3 is 20.6 Å². The zero-order chi connectivity index (χ0) is 44.4. The maximum atomic E-state index is 12.5. The third kappa shape index (κ3) is 48.4. The summed E-state index contributed by atoms with van der Waals surface area (Å²) in [5.74, 6) is -0.308. The molecule has 0 aliphatic heterocycles. The second-order valence-corrected chi connectivity index (χ2v) is 19.6. The first kappa shape index (κ1) is 60.1. The van der Waals surface area contributed by atoms with E-state index >= 15 is 0 Å². The quantitative estimate of drug-likeness (QED) is 0.0362. The van der Waals surface area contributed by atoms with Crippen LogP contribution in [0.4, 0.5) is 0 Å². The van der Waals surface area contributed by atoms with Crippen molar-refractivity contribution in [3.8, 4) is 0 Å². The van der Waals surface area contributed by atoms with Gasteiger partial charge in [-0.25, -0.2) is 0 Å². The second kappa shape index (κ2) is 51.7. The molecule has 0 aliphatic carbocycles. The lowest BCUT2D eigenvalue weighted by atomic mass is 10.0. The number of rotatable bonds is 52. The Morgan fingerprint density at radius 3 is 0.951 bits per heavy atom. The maximum absolute atomic E-state index is 12.5. The molecule has 5 heteroatoms. The fourth-order valence-electron chi connectivity index (χ4n) is 9.05. The van der Waals surface area contributed by atoms with E-state index in [-0.39, 0.29) is 18.9 Å². The predicted molar refractivity (Wildman–Crippen MR) is 269 cm³/mol. The Morgan fingerprint density at radius 1 is 0.410 bits per heavy atom. The van der Waals surface area contributed by atoms with Crippen molar-refractivity contribution in [2.75, 3.05) is 6.61 Å². The highest BCUT2D eigenvalue weighted by atomic mass is 16.3. The molecular formula is C56H111NO4. The maximum Gasteiger partial charge on any atom is 0.222 e. The molecule has 0 bridgehead atoms. The van der Waals surface area contributed by atoms with Gasteiger partial charge in [-0.15, -0.1) is 0 Å². The molecule has 364 valence electrons. The molecule has 0 aromatic heterocycles. The van der Waals surface area contributed by atoms with Crippen LogP contribution in [-0.4, -0.2) is 46.1 Å². The van der Waals surface area contributed by atoms with Gasteiger partial charge in [0.25, 0.3) is 0 Å². The first-order valence-electron chi connectivity index (χ1n) is 28.0. The number of unbranched alkanes of at least 4 members (excludes halogenated alkanes) is 43. The standard InChI is InChI=1S/C56H111NO4/c1-3-5-7-9-11-13-15-17-19-21-23-24-25-26-27-28-29-30-31-32-33-35-37-39-41-43-45-47-49-53(59)51-56(61)57-54(52-58)55(60)50-48-46-44-42-40-38-36-34-22-20-18-16-14-12-10-8-6-4-2/h48,50,53-55,58-60H,3-47,49,51-52H2,1-2H3,(H,57,61)/b50-48+. The Balaban J connectivity index is 3.51. The molecule has 1 amide bonds. The normalized spacial score (nSPS) is 13.3. The van der Waals surface area contributed by atoms with E-state index in [1.165, 1.54) is 263 Å². The molecule has 0 aromatic carbocycles. The molecular weight excluding hydrogens is 751 g/mol. The molecule has 0 saturated carbocycles. The fourth-order valence-corrected chi connectivity index (χ4v) is 9.05. The Hall–Kier alpha value is -0.910. The largest absolute Gasteiger partial charge is 0.394 e. The van der Waals surface area contributed by atoms with Gasteiger partial charge in [-0.3, -0.25) is 4.79 Å². The minimum absolute atomic E-state index is 0.0195. The van der Waals surface area contributed by atoms with Crippen LogP contribution in [0.2, 0.25) is 0 Å². The molecule has 0 fully saturated rings.